The van der Waals surface area contributed by atoms with Crippen LogP contribution >= 0.6 is 23.2 Å². The quantitative estimate of drug-likeness (QED) is 0.370. The van der Waals surface area contributed by atoms with Crippen LogP contribution < -0.4 is 19.5 Å². The summed E-state index contributed by atoms with van der Waals surface area (Å²) in [5, 5.41) is 4.38. The number of methoxy groups -OCH3 is 2. The van der Waals surface area contributed by atoms with Gasteiger partial charge in [0.15, 0.2) is 11.5 Å². The Kier molecular flexibility index (Phi) is 8.41. The second-order valence-corrected chi connectivity index (χ2v) is 7.74. The van der Waals surface area contributed by atoms with E-state index in [-0.39, 0.29) is 12.4 Å². The largest absolute Gasteiger partial charge is 0.493 e. The van der Waals surface area contributed by atoms with Crippen LogP contribution in [0.4, 0.5) is 4.39 Å². The van der Waals surface area contributed by atoms with Gasteiger partial charge in [0.1, 0.15) is 18.2 Å². The molecule has 1 N–H and O–H groups in total. The van der Waals surface area contributed by atoms with Gasteiger partial charge in [-0.25, -0.2) is 4.39 Å². The molecule has 4 nitrogen and oxygen atoms in total. The van der Waals surface area contributed by atoms with Crippen LogP contribution in [0, 0.1) is 5.82 Å². The van der Waals surface area contributed by atoms with Gasteiger partial charge < -0.3 is 19.5 Å². The molecule has 0 saturated carbocycles. The smallest absolute Gasteiger partial charge is 0.160 e. The van der Waals surface area contributed by atoms with Gasteiger partial charge in [-0.3, -0.25) is 0 Å². The lowest BCUT2D eigenvalue weighted by atomic mass is 10.1. The molecule has 164 valence electrons. The number of ether oxygens (including phenoxy) is 3. The first-order valence-corrected chi connectivity index (χ1v) is 10.5. The van der Waals surface area contributed by atoms with Crippen LogP contribution in [-0.2, 0) is 19.6 Å². The van der Waals surface area contributed by atoms with Crippen molar-refractivity contribution in [2.75, 3.05) is 20.8 Å². The van der Waals surface area contributed by atoms with Crippen molar-refractivity contribution in [2.24, 2.45) is 0 Å². The van der Waals surface area contributed by atoms with E-state index in [1.807, 2.05) is 30.3 Å². The van der Waals surface area contributed by atoms with Crippen molar-refractivity contribution in [1.82, 2.24) is 5.32 Å². The first kappa shape index (κ1) is 23.2. The minimum atomic E-state index is -0.375. The Morgan fingerprint density at radius 2 is 1.61 bits per heavy atom. The normalized spacial score (nSPS) is 10.7. The van der Waals surface area contributed by atoms with Crippen molar-refractivity contribution in [2.45, 2.75) is 19.6 Å². The van der Waals surface area contributed by atoms with Crippen molar-refractivity contribution in [3.8, 4) is 17.2 Å². The molecule has 31 heavy (non-hydrogen) atoms. The molecule has 0 spiro atoms. The SMILES string of the molecule is COc1ccc(CCNCc2cc(Cl)ccc2OCc2ccc(F)cc2Cl)cc1OC. The van der Waals surface area contributed by atoms with Crippen molar-refractivity contribution in [1.29, 1.82) is 0 Å². The van der Waals surface area contributed by atoms with Gasteiger partial charge in [0.2, 0.25) is 0 Å². The fraction of sp³-hybridized carbons (Fsp3) is 0.250. The first-order valence-electron chi connectivity index (χ1n) is 9.77. The zero-order valence-electron chi connectivity index (χ0n) is 17.4. The van der Waals surface area contributed by atoms with Crippen LogP contribution in [0.15, 0.2) is 54.6 Å². The molecule has 0 unspecified atom stereocenters. The zero-order chi connectivity index (χ0) is 22.2. The Bertz CT molecular complexity index is 1030. The lowest BCUT2D eigenvalue weighted by molar-refractivity contribution is 0.302. The van der Waals surface area contributed by atoms with E-state index in [9.17, 15) is 4.39 Å². The van der Waals surface area contributed by atoms with Crippen LogP contribution in [0.3, 0.4) is 0 Å². The van der Waals surface area contributed by atoms with Crippen molar-refractivity contribution < 1.29 is 18.6 Å². The number of halogens is 3. The monoisotopic (exact) mass is 463 g/mol. The molecule has 0 aliphatic heterocycles. The molecule has 3 aromatic rings. The maximum Gasteiger partial charge on any atom is 0.160 e. The summed E-state index contributed by atoms with van der Waals surface area (Å²) in [6.45, 7) is 1.57. The maximum absolute atomic E-state index is 13.2. The van der Waals surface area contributed by atoms with Gasteiger partial charge in [-0.1, -0.05) is 35.3 Å². The molecule has 0 aromatic heterocycles. The molecule has 0 bridgehead atoms. The summed E-state index contributed by atoms with van der Waals surface area (Å²) in [5.41, 5.74) is 2.78. The van der Waals surface area contributed by atoms with Gasteiger partial charge in [-0.2, -0.15) is 0 Å². The predicted octanol–water partition coefficient (Wildman–Crippen LogP) is 6.06. The summed E-state index contributed by atoms with van der Waals surface area (Å²) < 4.78 is 29.8. The van der Waals surface area contributed by atoms with Crippen LogP contribution in [0.5, 0.6) is 17.2 Å². The third-order valence-corrected chi connectivity index (χ3v) is 5.36. The van der Waals surface area contributed by atoms with Gasteiger partial charge >= 0.3 is 0 Å². The van der Waals surface area contributed by atoms with Crippen LogP contribution in [0.1, 0.15) is 16.7 Å². The molecule has 0 saturated heterocycles. The van der Waals surface area contributed by atoms with Gasteiger partial charge in [0.05, 0.1) is 19.2 Å². The average molecular weight is 464 g/mol. The van der Waals surface area contributed by atoms with Crippen molar-refractivity contribution in [3.05, 3.63) is 87.2 Å². The minimum Gasteiger partial charge on any atom is -0.493 e. The Hall–Kier alpha value is -2.47. The second kappa shape index (κ2) is 11.2. The number of rotatable bonds is 10. The van der Waals surface area contributed by atoms with E-state index in [2.05, 4.69) is 5.32 Å². The summed E-state index contributed by atoms with van der Waals surface area (Å²) in [7, 11) is 3.24. The average Bonchev–Trinajstić information content (AvgIpc) is 2.77. The van der Waals surface area contributed by atoms with E-state index in [0.29, 0.717) is 39.4 Å². The number of benzene rings is 3. The molecule has 0 heterocycles. The lowest BCUT2D eigenvalue weighted by Crippen LogP contribution is -2.17. The van der Waals surface area contributed by atoms with Crippen LogP contribution in [-0.4, -0.2) is 20.8 Å². The highest BCUT2D eigenvalue weighted by molar-refractivity contribution is 6.31. The maximum atomic E-state index is 13.2. The van der Waals surface area contributed by atoms with Gasteiger partial charge in [-0.05, 0) is 61.0 Å². The molecule has 3 aromatic carbocycles. The van der Waals surface area contributed by atoms with Crippen molar-refractivity contribution in [3.63, 3.8) is 0 Å². The third-order valence-electron chi connectivity index (χ3n) is 4.77. The summed E-state index contributed by atoms with van der Waals surface area (Å²) in [4.78, 5) is 0. The van der Waals surface area contributed by atoms with E-state index in [1.54, 1.807) is 26.4 Å². The Morgan fingerprint density at radius 3 is 2.35 bits per heavy atom. The van der Waals surface area contributed by atoms with E-state index < -0.39 is 0 Å². The minimum absolute atomic E-state index is 0.236. The van der Waals surface area contributed by atoms with E-state index in [0.717, 1.165) is 24.1 Å². The summed E-state index contributed by atoms with van der Waals surface area (Å²) in [6, 6.07) is 15.6. The fourth-order valence-electron chi connectivity index (χ4n) is 3.11. The predicted molar refractivity (Wildman–Crippen MR) is 122 cm³/mol. The third kappa shape index (κ3) is 6.50. The van der Waals surface area contributed by atoms with E-state index in [4.69, 9.17) is 37.4 Å². The van der Waals surface area contributed by atoms with Gasteiger partial charge in [-0.15, -0.1) is 0 Å². The number of nitrogens with one attached hydrogen (secondary N) is 1. The topological polar surface area (TPSA) is 39.7 Å². The molecular formula is C24H24Cl2FNO3. The van der Waals surface area contributed by atoms with Crippen LogP contribution in [0.25, 0.3) is 0 Å². The van der Waals surface area contributed by atoms with Crippen molar-refractivity contribution >= 4 is 23.2 Å². The Morgan fingerprint density at radius 1 is 0.839 bits per heavy atom. The Labute approximate surface area is 191 Å². The molecule has 0 radical (unpaired) electrons. The molecule has 0 aliphatic carbocycles. The van der Waals surface area contributed by atoms with Gasteiger partial charge in [0.25, 0.3) is 0 Å². The number of hydrogen-bond acceptors (Lipinski definition) is 4. The van der Waals surface area contributed by atoms with E-state index in [1.165, 1.54) is 12.1 Å². The highest BCUT2D eigenvalue weighted by Gasteiger charge is 2.09. The first-order chi connectivity index (χ1) is 15.0. The lowest BCUT2D eigenvalue weighted by Gasteiger charge is -2.14. The molecule has 3 rings (SSSR count). The second-order valence-electron chi connectivity index (χ2n) is 6.89. The molecule has 7 heteroatoms. The highest BCUT2D eigenvalue weighted by Crippen LogP contribution is 2.28. The van der Waals surface area contributed by atoms with Crippen LogP contribution in [0.2, 0.25) is 10.0 Å². The Balaban J connectivity index is 1.58. The number of hydrogen-bond donors (Lipinski definition) is 1. The molecule has 0 atom stereocenters. The molecule has 0 aliphatic rings. The summed E-state index contributed by atoms with van der Waals surface area (Å²) >= 11 is 12.3. The van der Waals surface area contributed by atoms with E-state index >= 15 is 0 Å². The highest BCUT2D eigenvalue weighted by atomic mass is 35.5. The molecule has 0 amide bonds. The molecule has 0 fully saturated rings. The zero-order valence-corrected chi connectivity index (χ0v) is 18.9. The van der Waals surface area contributed by atoms with Gasteiger partial charge in [0, 0.05) is 22.7 Å². The molecular weight excluding hydrogens is 440 g/mol. The standard InChI is InChI=1S/C24H24Cl2FNO3/c1-29-23-7-3-16(11-24(23)30-2)9-10-28-14-18-12-19(25)5-8-22(18)31-15-17-4-6-20(27)13-21(17)26/h3-8,11-13,28H,9-10,14-15H2,1-2H3. The fourth-order valence-corrected chi connectivity index (χ4v) is 3.53. The summed E-state index contributed by atoms with van der Waals surface area (Å²) in [6.07, 6.45) is 0.822. The summed E-state index contributed by atoms with van der Waals surface area (Å²) in [5.74, 6) is 1.74.